The van der Waals surface area contributed by atoms with E-state index < -0.39 is 17.1 Å². The third kappa shape index (κ3) is 18.3. The molecule has 0 bridgehead atoms. The molecule has 0 saturated carbocycles. The minimum atomic E-state index is -2.72. The molecule has 0 amide bonds. The molecule has 0 fully saturated rings. The van der Waals surface area contributed by atoms with Crippen molar-refractivity contribution in [2.45, 2.75) is 0 Å². The van der Waals surface area contributed by atoms with Gasteiger partial charge in [-0.05, 0) is 108 Å². The number of para-hydroxylation sites is 6. The minimum Gasteiger partial charge on any atom is -0.665 e. The molecule has 0 atom stereocenters. The smallest absolute Gasteiger partial charge is 0.665 e. The van der Waals surface area contributed by atoms with Crippen LogP contribution in [-0.2, 0) is 72.2 Å². The Morgan fingerprint density at radius 1 is 0.269 bits per heavy atom. The first kappa shape index (κ1) is 44.3. The molecule has 0 aliphatic rings. The van der Waals surface area contributed by atoms with E-state index in [1.54, 1.807) is 0 Å². The summed E-state index contributed by atoms with van der Waals surface area (Å²) in [5, 5.41) is 0. The van der Waals surface area contributed by atoms with Crippen LogP contribution in [0.5, 0.6) is 34.5 Å². The van der Waals surface area contributed by atoms with Crippen LogP contribution in [0.4, 0.5) is 0 Å². The van der Waals surface area contributed by atoms with E-state index in [0.717, 1.165) is 0 Å². The minimum absolute atomic E-state index is 0. The third-order valence-corrected chi connectivity index (χ3v) is 11.1. The summed E-state index contributed by atoms with van der Waals surface area (Å²) in [6, 6.07) is 55.5. The van der Waals surface area contributed by atoms with Crippen LogP contribution in [0, 0.1) is 0 Å². The predicted octanol–water partition coefficient (Wildman–Crippen LogP) is 11.4. The molecule has 0 aliphatic heterocycles. The molecule has 0 N–H and O–H groups in total. The summed E-state index contributed by atoms with van der Waals surface area (Å²) in [5.74, 6) is 3.84. The predicted molar refractivity (Wildman–Crippen MR) is 233 cm³/mol. The molecule has 0 aromatic heterocycles. The summed E-state index contributed by atoms with van der Waals surface area (Å²) in [6.07, 6.45) is 0. The van der Waals surface area contributed by atoms with Crippen LogP contribution in [0.15, 0.2) is 182 Å². The standard InChI is InChI=1S/3C12H11O2PS2.Sb/c3*16-15(17,13-11-7-3-1-4-8-11)14-12-9-5-2-6-10-12;/h3*1-10H,(H,16,17);/q;;;+3/p-3. The van der Waals surface area contributed by atoms with E-state index >= 15 is 0 Å². The first-order valence-corrected chi connectivity index (χ1v) is 25.8. The Morgan fingerprint density at radius 2 is 0.385 bits per heavy atom. The Balaban J connectivity index is 0.000000208. The molecule has 0 heterocycles. The van der Waals surface area contributed by atoms with Crippen molar-refractivity contribution in [1.82, 2.24) is 0 Å². The molecule has 6 aromatic rings. The topological polar surface area (TPSA) is 55.4 Å². The molecular weight excluding hydrogens is 935 g/mol. The van der Waals surface area contributed by atoms with Crippen LogP contribution in [0.1, 0.15) is 0 Å². The van der Waals surface area contributed by atoms with Crippen LogP contribution in [0.2, 0.25) is 0 Å². The number of hydrogen-bond donors (Lipinski definition) is 0. The summed E-state index contributed by atoms with van der Waals surface area (Å²) in [7, 11) is 0. The maximum atomic E-state index is 5.52. The number of benzene rings is 6. The molecular formula is C36H30O6P3S6Sb. The van der Waals surface area contributed by atoms with E-state index in [9.17, 15) is 0 Å². The molecule has 16 heteroatoms. The molecule has 2 radical (unpaired) electrons. The van der Waals surface area contributed by atoms with Crippen molar-refractivity contribution in [3.8, 4) is 34.5 Å². The molecule has 0 aliphatic carbocycles. The van der Waals surface area contributed by atoms with Gasteiger partial charge >= 0.3 is 24.4 Å². The Bertz CT molecular complexity index is 1660. The van der Waals surface area contributed by atoms with Crippen molar-refractivity contribution < 1.29 is 27.1 Å². The van der Waals surface area contributed by atoms with Gasteiger partial charge in [0.25, 0.3) is 0 Å². The molecule has 0 unspecified atom stereocenters. The zero-order valence-corrected chi connectivity index (χ0v) is 37.1. The van der Waals surface area contributed by atoms with Crippen molar-refractivity contribution in [2.24, 2.45) is 0 Å². The fourth-order valence-electron chi connectivity index (χ4n) is 3.72. The van der Waals surface area contributed by atoms with Gasteiger partial charge in [-0.2, -0.15) is 0 Å². The Labute approximate surface area is 354 Å². The van der Waals surface area contributed by atoms with Crippen LogP contribution < -0.4 is 27.1 Å². The molecule has 0 saturated heterocycles. The monoisotopic (exact) mass is 964 g/mol. The van der Waals surface area contributed by atoms with Gasteiger partial charge in [-0.25, -0.2) is 0 Å². The van der Waals surface area contributed by atoms with Crippen LogP contribution in [-0.4, -0.2) is 24.4 Å². The van der Waals surface area contributed by atoms with Gasteiger partial charge in [0.2, 0.25) is 0 Å². The SMILES string of the molecule is S=P([S-])(Oc1ccccc1)Oc1ccccc1.S=P([S-])(Oc1ccccc1)Oc1ccccc1.S=P([S-])(Oc1ccccc1)Oc1ccccc1.[Sb+3]. The third-order valence-electron chi connectivity index (χ3n) is 5.76. The second-order valence-electron chi connectivity index (χ2n) is 9.77. The van der Waals surface area contributed by atoms with Crippen molar-refractivity contribution in [3.05, 3.63) is 182 Å². The van der Waals surface area contributed by atoms with Gasteiger partial charge in [-0.1, -0.05) is 109 Å². The van der Waals surface area contributed by atoms with E-state index in [1.807, 2.05) is 182 Å². The van der Waals surface area contributed by atoms with E-state index in [4.69, 9.17) is 99.3 Å². The second-order valence-corrected chi connectivity index (χ2v) is 24.3. The first-order chi connectivity index (χ1) is 24.5. The second kappa shape index (κ2) is 23.0. The van der Waals surface area contributed by atoms with E-state index in [-0.39, 0.29) is 24.4 Å². The normalized spacial score (nSPS) is 10.7. The van der Waals surface area contributed by atoms with E-state index in [1.165, 1.54) is 0 Å². The first-order valence-electron chi connectivity index (χ1n) is 14.9. The fourth-order valence-corrected chi connectivity index (χ4v) is 9.21. The molecule has 6 rings (SSSR count). The molecule has 6 aromatic carbocycles. The van der Waals surface area contributed by atoms with Gasteiger partial charge in [0, 0.05) is 0 Å². The average molecular weight is 966 g/mol. The zero-order valence-electron chi connectivity index (χ0n) is 27.0. The maximum absolute atomic E-state index is 5.52. The molecule has 52 heavy (non-hydrogen) atoms. The van der Waals surface area contributed by atoms with Crippen molar-refractivity contribution >= 4 is 114 Å². The largest absolute Gasteiger partial charge is 3.00 e. The zero-order chi connectivity index (χ0) is 36.4. The van der Waals surface area contributed by atoms with Gasteiger partial charge in [0.1, 0.15) is 34.5 Å². The van der Waals surface area contributed by atoms with Gasteiger partial charge < -0.3 is 63.9 Å². The van der Waals surface area contributed by atoms with Crippen LogP contribution in [0.25, 0.3) is 0 Å². The molecule has 6 nitrogen and oxygen atoms in total. The van der Waals surface area contributed by atoms with Gasteiger partial charge in [-0.15, -0.1) is 0 Å². The van der Waals surface area contributed by atoms with Gasteiger partial charge in [0.15, 0.2) is 17.1 Å². The van der Waals surface area contributed by atoms with Crippen molar-refractivity contribution in [1.29, 1.82) is 0 Å². The quantitative estimate of drug-likeness (QED) is 0.0667. The summed E-state index contributed by atoms with van der Waals surface area (Å²) in [5.41, 5.74) is -8.16. The van der Waals surface area contributed by atoms with Gasteiger partial charge in [0.05, 0.1) is 0 Å². The number of rotatable bonds is 12. The van der Waals surface area contributed by atoms with Gasteiger partial charge in [-0.3, -0.25) is 0 Å². The van der Waals surface area contributed by atoms with E-state index in [2.05, 4.69) is 0 Å². The summed E-state index contributed by atoms with van der Waals surface area (Å²) in [6.45, 7) is 0. The summed E-state index contributed by atoms with van der Waals surface area (Å²) < 4.78 is 33.1. The number of hydrogen-bond acceptors (Lipinski definition) is 12. The maximum Gasteiger partial charge on any atom is 3.00 e. The Hall–Kier alpha value is -2.06. The van der Waals surface area contributed by atoms with E-state index in [0.29, 0.717) is 34.5 Å². The Morgan fingerprint density at radius 3 is 0.500 bits per heavy atom. The van der Waals surface area contributed by atoms with Crippen LogP contribution >= 0.6 is 17.1 Å². The summed E-state index contributed by atoms with van der Waals surface area (Å²) in [4.78, 5) is 0. The Kier molecular flexibility index (Phi) is 19.6. The summed E-state index contributed by atoms with van der Waals surface area (Å²) >= 11 is 31.1. The molecule has 0 spiro atoms. The fraction of sp³-hybridized carbons (Fsp3) is 0. The van der Waals surface area contributed by atoms with Crippen molar-refractivity contribution in [2.75, 3.05) is 0 Å². The van der Waals surface area contributed by atoms with Crippen molar-refractivity contribution in [3.63, 3.8) is 0 Å². The average Bonchev–Trinajstić information content (AvgIpc) is 3.10. The van der Waals surface area contributed by atoms with Crippen LogP contribution in [0.3, 0.4) is 0 Å². The molecule has 266 valence electrons.